The molecule has 1 atom stereocenters. The maximum atomic E-state index is 12.4. The molecule has 2 amide bonds. The number of para-hydroxylation sites is 1. The van der Waals surface area contributed by atoms with Gasteiger partial charge in [0.2, 0.25) is 11.8 Å². The van der Waals surface area contributed by atoms with Crippen molar-refractivity contribution in [2.75, 3.05) is 30.3 Å². The van der Waals surface area contributed by atoms with Gasteiger partial charge in [0.05, 0.1) is 11.4 Å². The van der Waals surface area contributed by atoms with Crippen LogP contribution in [0.2, 0.25) is 0 Å². The number of thioether (sulfide) groups is 1. The first-order valence-electron chi connectivity index (χ1n) is 9.69. The zero-order valence-electron chi connectivity index (χ0n) is 16.3. The Bertz CT molecular complexity index is 1070. The molecule has 2 N–H and O–H groups in total. The maximum Gasteiger partial charge on any atom is 0.240 e. The van der Waals surface area contributed by atoms with Crippen molar-refractivity contribution in [1.82, 2.24) is 5.32 Å². The van der Waals surface area contributed by atoms with E-state index < -0.39 is 6.10 Å². The van der Waals surface area contributed by atoms with Crippen molar-refractivity contribution in [2.24, 2.45) is 0 Å². The Kier molecular flexibility index (Phi) is 6.21. The fourth-order valence-corrected chi connectivity index (χ4v) is 4.26. The van der Waals surface area contributed by atoms with Crippen LogP contribution in [0.1, 0.15) is 0 Å². The summed E-state index contributed by atoms with van der Waals surface area (Å²) in [6.45, 7) is 0.0196. The molecule has 1 aliphatic rings. The van der Waals surface area contributed by atoms with E-state index in [0.29, 0.717) is 11.5 Å². The van der Waals surface area contributed by atoms with Crippen molar-refractivity contribution in [3.05, 3.63) is 66.7 Å². The van der Waals surface area contributed by atoms with Crippen LogP contribution in [0, 0.1) is 0 Å². The molecule has 30 heavy (non-hydrogen) atoms. The Labute approximate surface area is 178 Å². The number of aliphatic hydroxyl groups is 1. The Morgan fingerprint density at radius 1 is 1.10 bits per heavy atom. The lowest BCUT2D eigenvalue weighted by molar-refractivity contribution is -0.123. The summed E-state index contributed by atoms with van der Waals surface area (Å²) in [4.78, 5) is 27.1. The monoisotopic (exact) mass is 422 g/mol. The van der Waals surface area contributed by atoms with Crippen LogP contribution in [0.3, 0.4) is 0 Å². The molecule has 3 aromatic carbocycles. The lowest BCUT2D eigenvalue weighted by Crippen LogP contribution is -2.45. The van der Waals surface area contributed by atoms with E-state index in [2.05, 4.69) is 5.32 Å². The van der Waals surface area contributed by atoms with Crippen LogP contribution >= 0.6 is 11.8 Å². The summed E-state index contributed by atoms with van der Waals surface area (Å²) < 4.78 is 5.76. The van der Waals surface area contributed by atoms with Crippen LogP contribution in [0.25, 0.3) is 10.8 Å². The number of aliphatic hydroxyl groups excluding tert-OH is 1. The van der Waals surface area contributed by atoms with Crippen LogP contribution in [-0.4, -0.2) is 48.5 Å². The number of carbonyl (C=O) groups excluding carboxylic acids is 2. The summed E-state index contributed by atoms with van der Waals surface area (Å²) >= 11 is 1.47. The highest BCUT2D eigenvalue weighted by Gasteiger charge is 2.26. The van der Waals surface area contributed by atoms with E-state index in [0.717, 1.165) is 21.4 Å². The van der Waals surface area contributed by atoms with Crippen molar-refractivity contribution in [2.45, 2.75) is 11.0 Å². The molecule has 4 rings (SSSR count). The molecule has 0 saturated heterocycles. The predicted molar refractivity (Wildman–Crippen MR) is 118 cm³/mol. The summed E-state index contributed by atoms with van der Waals surface area (Å²) in [6, 6.07) is 21.1. The highest BCUT2D eigenvalue weighted by Crippen LogP contribution is 2.34. The van der Waals surface area contributed by atoms with Crippen molar-refractivity contribution < 1.29 is 19.4 Å². The second-order valence-corrected chi connectivity index (χ2v) is 8.00. The number of fused-ring (bicyclic) bond motifs is 2. The lowest BCUT2D eigenvalue weighted by atomic mass is 10.1. The Morgan fingerprint density at radius 3 is 2.77 bits per heavy atom. The standard InChI is InChI=1S/C23H22N2O4S/c26-17(14-29-20-10-5-7-16-6-1-2-8-18(16)20)12-24-22(27)13-25-19-9-3-4-11-21(19)30-15-23(25)28/h1-11,17,26H,12-15H2,(H,24,27)/t17-/m1/s1. The van der Waals surface area contributed by atoms with Crippen molar-refractivity contribution in [3.8, 4) is 5.75 Å². The summed E-state index contributed by atoms with van der Waals surface area (Å²) in [7, 11) is 0. The molecular formula is C23H22N2O4S. The molecule has 0 aliphatic carbocycles. The second kappa shape index (κ2) is 9.19. The fourth-order valence-electron chi connectivity index (χ4n) is 3.32. The number of benzene rings is 3. The molecule has 6 nitrogen and oxygen atoms in total. The Hall–Kier alpha value is -3.03. The molecule has 0 aromatic heterocycles. The van der Waals surface area contributed by atoms with Crippen LogP contribution in [0.4, 0.5) is 5.69 Å². The van der Waals surface area contributed by atoms with Gasteiger partial charge in [-0.1, -0.05) is 48.5 Å². The predicted octanol–water partition coefficient (Wildman–Crippen LogP) is 2.83. The molecule has 0 saturated carbocycles. The largest absolute Gasteiger partial charge is 0.490 e. The SMILES string of the molecule is O=C(CN1C(=O)CSc2ccccc21)NC[C@@H](O)COc1cccc2ccccc12. The third-order valence-electron chi connectivity index (χ3n) is 4.83. The average Bonchev–Trinajstić information content (AvgIpc) is 2.78. The van der Waals surface area contributed by atoms with E-state index in [1.807, 2.05) is 66.7 Å². The zero-order chi connectivity index (χ0) is 20.9. The van der Waals surface area contributed by atoms with Crippen molar-refractivity contribution >= 4 is 40.0 Å². The molecule has 154 valence electrons. The molecule has 7 heteroatoms. The molecule has 1 heterocycles. The Balaban J connectivity index is 1.29. The number of amides is 2. The van der Waals surface area contributed by atoms with Gasteiger partial charge < -0.3 is 20.1 Å². The highest BCUT2D eigenvalue weighted by molar-refractivity contribution is 8.00. The molecule has 0 radical (unpaired) electrons. The number of hydrogen-bond acceptors (Lipinski definition) is 5. The van der Waals surface area contributed by atoms with E-state index in [1.165, 1.54) is 16.7 Å². The number of nitrogens with one attached hydrogen (secondary N) is 1. The highest BCUT2D eigenvalue weighted by atomic mass is 32.2. The molecule has 0 fully saturated rings. The molecular weight excluding hydrogens is 400 g/mol. The third-order valence-corrected chi connectivity index (χ3v) is 5.87. The molecule has 3 aromatic rings. The molecule has 0 unspecified atom stereocenters. The Morgan fingerprint density at radius 2 is 1.87 bits per heavy atom. The van der Waals surface area contributed by atoms with E-state index >= 15 is 0 Å². The van der Waals surface area contributed by atoms with Gasteiger partial charge in [-0.05, 0) is 23.6 Å². The van der Waals surface area contributed by atoms with Crippen molar-refractivity contribution in [3.63, 3.8) is 0 Å². The maximum absolute atomic E-state index is 12.4. The second-order valence-electron chi connectivity index (χ2n) is 6.98. The first-order chi connectivity index (χ1) is 14.6. The van der Waals surface area contributed by atoms with Crippen LogP contribution < -0.4 is 15.0 Å². The summed E-state index contributed by atoms with van der Waals surface area (Å²) in [6.07, 6.45) is -0.868. The van der Waals surface area contributed by atoms with Gasteiger partial charge in [0.25, 0.3) is 0 Å². The first kappa shape index (κ1) is 20.3. The van der Waals surface area contributed by atoms with Gasteiger partial charge in [0.15, 0.2) is 0 Å². The van der Waals surface area contributed by atoms with Crippen LogP contribution in [0.15, 0.2) is 71.6 Å². The van der Waals surface area contributed by atoms with Gasteiger partial charge in [0, 0.05) is 16.8 Å². The first-order valence-corrected chi connectivity index (χ1v) is 10.7. The number of nitrogens with zero attached hydrogens (tertiary/aromatic N) is 1. The molecule has 1 aliphatic heterocycles. The normalized spacial score (nSPS) is 14.3. The van der Waals surface area contributed by atoms with Crippen LogP contribution in [0.5, 0.6) is 5.75 Å². The third kappa shape index (κ3) is 4.58. The summed E-state index contributed by atoms with van der Waals surface area (Å²) in [5.74, 6) is 0.570. The minimum atomic E-state index is -0.868. The van der Waals surface area contributed by atoms with E-state index in [9.17, 15) is 14.7 Å². The number of anilines is 1. The van der Waals surface area contributed by atoms with Crippen molar-refractivity contribution in [1.29, 1.82) is 0 Å². The smallest absolute Gasteiger partial charge is 0.240 e. The fraction of sp³-hybridized carbons (Fsp3) is 0.217. The zero-order valence-corrected chi connectivity index (χ0v) is 17.1. The van der Waals surface area contributed by atoms with E-state index in [-0.39, 0.29) is 31.5 Å². The van der Waals surface area contributed by atoms with Gasteiger partial charge in [-0.15, -0.1) is 11.8 Å². The molecule has 0 spiro atoms. The van der Waals surface area contributed by atoms with Crippen LogP contribution in [-0.2, 0) is 9.59 Å². The van der Waals surface area contributed by atoms with E-state index in [1.54, 1.807) is 0 Å². The van der Waals surface area contributed by atoms with Gasteiger partial charge in [-0.3, -0.25) is 9.59 Å². The van der Waals surface area contributed by atoms with E-state index in [4.69, 9.17) is 4.74 Å². The van der Waals surface area contributed by atoms with Gasteiger partial charge in [-0.25, -0.2) is 0 Å². The number of ether oxygens (including phenoxy) is 1. The number of carbonyl (C=O) groups is 2. The molecule has 0 bridgehead atoms. The van der Waals surface area contributed by atoms with Gasteiger partial charge >= 0.3 is 0 Å². The summed E-state index contributed by atoms with van der Waals surface area (Å²) in [5, 5.41) is 14.9. The minimum absolute atomic E-state index is 0.0437. The van der Waals surface area contributed by atoms with Gasteiger partial charge in [-0.2, -0.15) is 0 Å². The van der Waals surface area contributed by atoms with Gasteiger partial charge in [0.1, 0.15) is 25.0 Å². The average molecular weight is 423 g/mol. The lowest BCUT2D eigenvalue weighted by Gasteiger charge is -2.28. The topological polar surface area (TPSA) is 78.9 Å². The quantitative estimate of drug-likeness (QED) is 0.612. The number of rotatable bonds is 7. The number of hydrogen-bond donors (Lipinski definition) is 2. The minimum Gasteiger partial charge on any atom is -0.490 e. The summed E-state index contributed by atoms with van der Waals surface area (Å²) in [5.41, 5.74) is 0.744.